The molecular weight excluding hydrogens is 240 g/mol. The van der Waals surface area contributed by atoms with Gasteiger partial charge in [-0.25, -0.2) is 4.79 Å². The molecule has 3 N–H and O–H groups in total. The van der Waals surface area contributed by atoms with Gasteiger partial charge in [0.25, 0.3) is 0 Å². The number of aliphatic hydroxyl groups excluding tert-OH is 1. The first-order valence-electron chi connectivity index (χ1n) is 5.34. The minimum atomic E-state index is -0.322. The number of amides is 2. The molecule has 0 unspecified atom stereocenters. The first-order valence-corrected chi connectivity index (χ1v) is 5.72. The van der Waals surface area contributed by atoms with Crippen LogP contribution in [0.2, 0.25) is 5.02 Å². The Morgan fingerprint density at radius 3 is 2.47 bits per heavy atom. The second kappa shape index (κ2) is 5.89. The van der Waals surface area contributed by atoms with E-state index < -0.39 is 0 Å². The van der Waals surface area contributed by atoms with Crippen LogP contribution in [0.4, 0.5) is 10.5 Å². The number of urea groups is 1. The summed E-state index contributed by atoms with van der Waals surface area (Å²) in [6.07, 6.45) is 0. The molecule has 0 aliphatic heterocycles. The van der Waals surface area contributed by atoms with Crippen molar-refractivity contribution in [3.63, 3.8) is 0 Å². The Labute approximate surface area is 106 Å². The molecule has 0 spiro atoms. The second-order valence-electron chi connectivity index (χ2n) is 4.64. The smallest absolute Gasteiger partial charge is 0.319 e. The normalized spacial score (nSPS) is 11.1. The third kappa shape index (κ3) is 5.06. The summed E-state index contributed by atoms with van der Waals surface area (Å²) < 4.78 is 0. The van der Waals surface area contributed by atoms with Gasteiger partial charge in [-0.05, 0) is 24.3 Å². The summed E-state index contributed by atoms with van der Waals surface area (Å²) >= 11 is 5.73. The van der Waals surface area contributed by atoms with Crippen LogP contribution in [-0.4, -0.2) is 24.3 Å². The number of carbonyl (C=O) groups excluding carboxylic acids is 1. The first kappa shape index (κ1) is 13.8. The maximum Gasteiger partial charge on any atom is 0.319 e. The van der Waals surface area contributed by atoms with Gasteiger partial charge in [0.2, 0.25) is 0 Å². The SMILES string of the molecule is CC(C)(CO)CNC(=O)Nc1ccc(Cl)cc1. The number of hydrogen-bond donors (Lipinski definition) is 3. The number of nitrogens with one attached hydrogen (secondary N) is 2. The maximum absolute atomic E-state index is 11.5. The summed E-state index contributed by atoms with van der Waals surface area (Å²) in [5, 5.41) is 15.0. The Hall–Kier alpha value is -1.26. The summed E-state index contributed by atoms with van der Waals surface area (Å²) in [6.45, 7) is 4.17. The summed E-state index contributed by atoms with van der Waals surface area (Å²) in [5.41, 5.74) is 0.353. The highest BCUT2D eigenvalue weighted by atomic mass is 35.5. The quantitative estimate of drug-likeness (QED) is 0.775. The lowest BCUT2D eigenvalue weighted by molar-refractivity contribution is 0.158. The van der Waals surface area contributed by atoms with Crippen LogP contribution in [-0.2, 0) is 0 Å². The van der Waals surface area contributed by atoms with Crippen LogP contribution in [0.5, 0.6) is 0 Å². The van der Waals surface area contributed by atoms with Crippen LogP contribution in [0.15, 0.2) is 24.3 Å². The summed E-state index contributed by atoms with van der Waals surface area (Å²) in [5.74, 6) is 0. The van der Waals surface area contributed by atoms with E-state index in [1.807, 2.05) is 13.8 Å². The second-order valence-corrected chi connectivity index (χ2v) is 5.07. The van der Waals surface area contributed by atoms with Gasteiger partial charge in [-0.3, -0.25) is 0 Å². The summed E-state index contributed by atoms with van der Waals surface area (Å²) in [7, 11) is 0. The Bertz CT molecular complexity index is 377. The topological polar surface area (TPSA) is 61.4 Å². The number of rotatable bonds is 4. The molecular formula is C12H17ClN2O2. The number of carbonyl (C=O) groups is 1. The van der Waals surface area contributed by atoms with E-state index >= 15 is 0 Å². The average molecular weight is 257 g/mol. The lowest BCUT2D eigenvalue weighted by Gasteiger charge is -2.21. The van der Waals surface area contributed by atoms with Gasteiger partial charge in [0.15, 0.2) is 0 Å². The minimum absolute atomic E-state index is 0.0220. The Balaban J connectivity index is 2.42. The van der Waals surface area contributed by atoms with Crippen molar-refractivity contribution in [2.24, 2.45) is 5.41 Å². The van der Waals surface area contributed by atoms with Crippen LogP contribution in [0.3, 0.4) is 0 Å². The fourth-order valence-corrected chi connectivity index (χ4v) is 1.21. The van der Waals surface area contributed by atoms with Crippen LogP contribution in [0, 0.1) is 5.41 Å². The van der Waals surface area contributed by atoms with Gasteiger partial charge >= 0.3 is 6.03 Å². The molecule has 94 valence electrons. The molecule has 2 amide bonds. The number of aliphatic hydroxyl groups is 1. The molecule has 0 radical (unpaired) electrons. The van der Waals surface area contributed by atoms with E-state index in [0.29, 0.717) is 17.3 Å². The lowest BCUT2D eigenvalue weighted by atomic mass is 9.95. The third-order valence-corrected chi connectivity index (χ3v) is 2.51. The number of anilines is 1. The van der Waals surface area contributed by atoms with E-state index in [2.05, 4.69) is 10.6 Å². The largest absolute Gasteiger partial charge is 0.396 e. The predicted octanol–water partition coefficient (Wildman–Crippen LogP) is 2.48. The predicted molar refractivity (Wildman–Crippen MR) is 69.3 cm³/mol. The van der Waals surface area contributed by atoms with E-state index in [-0.39, 0.29) is 18.1 Å². The molecule has 0 fully saturated rings. The standard InChI is InChI=1S/C12H17ClN2O2/c1-12(2,8-16)7-14-11(17)15-10-5-3-9(13)4-6-10/h3-6,16H,7-8H2,1-2H3,(H2,14,15,17). The van der Waals surface area contributed by atoms with Crippen molar-refractivity contribution in [2.45, 2.75) is 13.8 Å². The lowest BCUT2D eigenvalue weighted by Crippen LogP contribution is -2.38. The monoisotopic (exact) mass is 256 g/mol. The molecule has 0 aliphatic carbocycles. The zero-order valence-electron chi connectivity index (χ0n) is 9.96. The van der Waals surface area contributed by atoms with Crippen LogP contribution in [0.25, 0.3) is 0 Å². The number of benzene rings is 1. The van der Waals surface area contributed by atoms with Crippen molar-refractivity contribution in [3.8, 4) is 0 Å². The van der Waals surface area contributed by atoms with Crippen LogP contribution < -0.4 is 10.6 Å². The molecule has 4 nitrogen and oxygen atoms in total. The van der Waals surface area contributed by atoms with Gasteiger partial charge in [-0.1, -0.05) is 25.4 Å². The molecule has 0 aromatic heterocycles. The number of hydrogen-bond acceptors (Lipinski definition) is 2. The van der Waals surface area contributed by atoms with Crippen LogP contribution in [0.1, 0.15) is 13.8 Å². The van der Waals surface area contributed by atoms with Gasteiger partial charge in [0.05, 0.1) is 0 Å². The van der Waals surface area contributed by atoms with Gasteiger partial charge < -0.3 is 15.7 Å². The fraction of sp³-hybridized carbons (Fsp3) is 0.417. The Morgan fingerprint density at radius 1 is 1.35 bits per heavy atom. The van der Waals surface area contributed by atoms with Gasteiger partial charge in [-0.15, -0.1) is 0 Å². The zero-order chi connectivity index (χ0) is 12.9. The number of halogens is 1. The molecule has 0 aliphatic rings. The Morgan fingerprint density at radius 2 is 1.94 bits per heavy atom. The molecule has 0 bridgehead atoms. The molecule has 1 aromatic rings. The average Bonchev–Trinajstić information content (AvgIpc) is 2.30. The molecule has 0 atom stereocenters. The van der Waals surface area contributed by atoms with Gasteiger partial charge in [0, 0.05) is 29.3 Å². The van der Waals surface area contributed by atoms with E-state index in [4.69, 9.17) is 16.7 Å². The molecule has 0 saturated heterocycles. The molecule has 1 aromatic carbocycles. The molecule has 17 heavy (non-hydrogen) atoms. The van der Waals surface area contributed by atoms with Gasteiger partial charge in [-0.2, -0.15) is 0 Å². The van der Waals surface area contributed by atoms with E-state index in [0.717, 1.165) is 0 Å². The molecule has 0 saturated carbocycles. The van der Waals surface area contributed by atoms with Crippen LogP contribution >= 0.6 is 11.6 Å². The van der Waals surface area contributed by atoms with Crippen molar-refractivity contribution in [1.82, 2.24) is 5.32 Å². The Kier molecular flexibility index (Phi) is 4.78. The summed E-state index contributed by atoms with van der Waals surface area (Å²) in [4.78, 5) is 11.5. The molecule has 5 heteroatoms. The molecule has 1 rings (SSSR count). The van der Waals surface area contributed by atoms with E-state index in [9.17, 15) is 4.79 Å². The zero-order valence-corrected chi connectivity index (χ0v) is 10.7. The van der Waals surface area contributed by atoms with E-state index in [1.54, 1.807) is 24.3 Å². The van der Waals surface area contributed by atoms with Crippen molar-refractivity contribution in [3.05, 3.63) is 29.3 Å². The highest BCUT2D eigenvalue weighted by Gasteiger charge is 2.17. The third-order valence-electron chi connectivity index (χ3n) is 2.26. The highest BCUT2D eigenvalue weighted by Crippen LogP contribution is 2.14. The first-order chi connectivity index (χ1) is 7.93. The maximum atomic E-state index is 11.5. The minimum Gasteiger partial charge on any atom is -0.396 e. The van der Waals surface area contributed by atoms with Crippen molar-refractivity contribution < 1.29 is 9.90 Å². The summed E-state index contributed by atoms with van der Waals surface area (Å²) in [6, 6.07) is 6.55. The van der Waals surface area contributed by atoms with Gasteiger partial charge in [0.1, 0.15) is 0 Å². The van der Waals surface area contributed by atoms with Crippen molar-refractivity contribution >= 4 is 23.3 Å². The van der Waals surface area contributed by atoms with E-state index in [1.165, 1.54) is 0 Å². The highest BCUT2D eigenvalue weighted by molar-refractivity contribution is 6.30. The van der Waals surface area contributed by atoms with Crippen molar-refractivity contribution in [1.29, 1.82) is 0 Å². The van der Waals surface area contributed by atoms with Crippen molar-refractivity contribution in [2.75, 3.05) is 18.5 Å². The molecule has 0 heterocycles. The fourth-order valence-electron chi connectivity index (χ4n) is 1.08.